The number of nitriles is 1. The molecule has 3 heterocycles. The molecule has 7 nitrogen and oxygen atoms in total. The number of hydrogen-bond donors (Lipinski definition) is 0. The van der Waals surface area contributed by atoms with Gasteiger partial charge in [-0.25, -0.2) is 14.1 Å². The minimum atomic E-state index is -4.81. The molecule has 1 aliphatic heterocycles. The second kappa shape index (κ2) is 7.39. The number of likely N-dealkylation sites (tertiary alicyclic amines) is 1. The SMILES string of the molecule is C=C(F)C(=O)N1CC(c2nn(-c3ccc(OC(F)(F)F)cc3)c3nccc(C#N)c23)C1. The lowest BCUT2D eigenvalue weighted by molar-refractivity contribution is -0.274. The molecule has 2 aromatic heterocycles. The molecule has 4 rings (SSSR count). The lowest BCUT2D eigenvalue weighted by atomic mass is 9.93. The van der Waals surface area contributed by atoms with Crippen molar-refractivity contribution in [2.45, 2.75) is 12.3 Å². The van der Waals surface area contributed by atoms with Crippen molar-refractivity contribution in [3.63, 3.8) is 0 Å². The van der Waals surface area contributed by atoms with Crippen molar-refractivity contribution in [2.24, 2.45) is 0 Å². The standard InChI is InChI=1S/C20H13F4N5O2/c1-11(21)19(30)28-9-13(10-28)17-16-12(8-25)6-7-26-18(16)29(27-17)14-2-4-15(5-3-14)31-20(22,23)24/h2-7,13H,1,9-10H2. The monoisotopic (exact) mass is 431 g/mol. The van der Waals surface area contributed by atoms with Crippen LogP contribution in [-0.2, 0) is 4.79 Å². The Hall–Kier alpha value is -3.94. The number of ether oxygens (including phenoxy) is 1. The molecule has 3 aromatic rings. The Bertz CT molecular complexity index is 1220. The normalized spacial score (nSPS) is 14.2. The summed E-state index contributed by atoms with van der Waals surface area (Å²) in [5, 5.41) is 14.5. The van der Waals surface area contributed by atoms with Gasteiger partial charge in [-0.2, -0.15) is 10.4 Å². The van der Waals surface area contributed by atoms with Gasteiger partial charge in [0.2, 0.25) is 0 Å². The van der Waals surface area contributed by atoms with Gasteiger partial charge in [-0.1, -0.05) is 6.58 Å². The zero-order chi connectivity index (χ0) is 22.3. The van der Waals surface area contributed by atoms with Gasteiger partial charge in [-0.3, -0.25) is 4.79 Å². The van der Waals surface area contributed by atoms with Gasteiger partial charge in [0, 0.05) is 25.2 Å². The maximum atomic E-state index is 13.1. The average Bonchev–Trinajstić information content (AvgIpc) is 3.05. The van der Waals surface area contributed by atoms with Crippen molar-refractivity contribution in [2.75, 3.05) is 13.1 Å². The molecule has 0 bridgehead atoms. The summed E-state index contributed by atoms with van der Waals surface area (Å²) in [5.41, 5.74) is 1.53. The lowest BCUT2D eigenvalue weighted by Crippen LogP contribution is -2.48. The van der Waals surface area contributed by atoms with E-state index in [1.54, 1.807) is 0 Å². The molecule has 11 heteroatoms. The highest BCUT2D eigenvalue weighted by atomic mass is 19.4. The Kier molecular flexibility index (Phi) is 4.85. The third-order valence-corrected chi connectivity index (χ3v) is 4.82. The van der Waals surface area contributed by atoms with Gasteiger partial charge in [-0.05, 0) is 30.3 Å². The summed E-state index contributed by atoms with van der Waals surface area (Å²) in [6.07, 6.45) is -3.39. The van der Waals surface area contributed by atoms with Gasteiger partial charge in [0.15, 0.2) is 11.5 Å². The van der Waals surface area contributed by atoms with Gasteiger partial charge in [0.1, 0.15) is 11.8 Å². The molecular formula is C20H13F4N5O2. The number of fused-ring (bicyclic) bond motifs is 1. The zero-order valence-electron chi connectivity index (χ0n) is 15.7. The summed E-state index contributed by atoms with van der Waals surface area (Å²) >= 11 is 0. The molecule has 1 saturated heterocycles. The van der Waals surface area contributed by atoms with Crippen LogP contribution in [-0.4, -0.2) is 45.0 Å². The maximum absolute atomic E-state index is 13.1. The summed E-state index contributed by atoms with van der Waals surface area (Å²) in [5.74, 6) is -2.53. The predicted octanol–water partition coefficient (Wildman–Crippen LogP) is 3.60. The number of alkyl halides is 3. The second-order valence-corrected chi connectivity index (χ2v) is 6.82. The van der Waals surface area contributed by atoms with Crippen molar-refractivity contribution in [1.29, 1.82) is 5.26 Å². The molecule has 1 amide bonds. The Morgan fingerprint density at radius 3 is 2.48 bits per heavy atom. The first-order chi connectivity index (χ1) is 14.7. The summed E-state index contributed by atoms with van der Waals surface area (Å²) in [6.45, 7) is 3.37. The van der Waals surface area contributed by atoms with Crippen LogP contribution in [0, 0.1) is 11.3 Å². The third kappa shape index (κ3) is 3.79. The highest BCUT2D eigenvalue weighted by Gasteiger charge is 2.37. The van der Waals surface area contributed by atoms with E-state index in [1.807, 2.05) is 0 Å². The van der Waals surface area contributed by atoms with E-state index in [1.165, 1.54) is 34.0 Å². The van der Waals surface area contributed by atoms with E-state index < -0.39 is 23.8 Å². The molecule has 0 saturated carbocycles. The van der Waals surface area contributed by atoms with Gasteiger partial charge in [0.05, 0.1) is 22.3 Å². The molecule has 0 N–H and O–H groups in total. The van der Waals surface area contributed by atoms with Crippen molar-refractivity contribution in [1.82, 2.24) is 19.7 Å². The fraction of sp³-hybridized carbons (Fsp3) is 0.200. The molecule has 1 aliphatic rings. The van der Waals surface area contributed by atoms with Crippen molar-refractivity contribution < 1.29 is 27.1 Å². The molecule has 0 spiro atoms. The first-order valence-electron chi connectivity index (χ1n) is 8.95. The van der Waals surface area contributed by atoms with Crippen molar-refractivity contribution in [3.8, 4) is 17.5 Å². The van der Waals surface area contributed by atoms with Crippen LogP contribution in [0.1, 0.15) is 17.2 Å². The van der Waals surface area contributed by atoms with Gasteiger partial charge < -0.3 is 9.64 Å². The van der Waals surface area contributed by atoms with E-state index in [2.05, 4.69) is 27.5 Å². The molecule has 158 valence electrons. The first kappa shape index (κ1) is 20.3. The summed E-state index contributed by atoms with van der Waals surface area (Å²) < 4.78 is 55.6. The van der Waals surface area contributed by atoms with Gasteiger partial charge in [0.25, 0.3) is 5.91 Å². The fourth-order valence-corrected chi connectivity index (χ4v) is 3.41. The third-order valence-electron chi connectivity index (χ3n) is 4.82. The van der Waals surface area contributed by atoms with Gasteiger partial charge in [-0.15, -0.1) is 13.2 Å². The highest BCUT2D eigenvalue weighted by molar-refractivity contribution is 5.92. The number of benzene rings is 1. The van der Waals surface area contributed by atoms with Crippen LogP contribution < -0.4 is 4.74 Å². The smallest absolute Gasteiger partial charge is 0.406 e. The minimum absolute atomic E-state index is 0.187. The van der Waals surface area contributed by atoms with E-state index in [0.29, 0.717) is 28.0 Å². The molecule has 0 aliphatic carbocycles. The van der Waals surface area contributed by atoms with Crippen LogP contribution in [0.3, 0.4) is 0 Å². The number of nitrogens with zero attached hydrogens (tertiary/aromatic N) is 5. The number of aromatic nitrogens is 3. The van der Waals surface area contributed by atoms with Crippen molar-refractivity contribution in [3.05, 3.63) is 60.2 Å². The quantitative estimate of drug-likeness (QED) is 0.466. The summed E-state index contributed by atoms with van der Waals surface area (Å²) in [4.78, 5) is 17.3. The van der Waals surface area contributed by atoms with E-state index in [9.17, 15) is 27.6 Å². The van der Waals surface area contributed by atoms with E-state index in [-0.39, 0.29) is 19.0 Å². The van der Waals surface area contributed by atoms with Gasteiger partial charge >= 0.3 is 6.36 Å². The van der Waals surface area contributed by atoms with Crippen LogP contribution in [0.5, 0.6) is 5.75 Å². The average molecular weight is 431 g/mol. The number of carbonyl (C=O) groups excluding carboxylic acids is 1. The summed E-state index contributed by atoms with van der Waals surface area (Å²) in [6, 6.07) is 8.62. The van der Waals surface area contributed by atoms with Crippen molar-refractivity contribution >= 4 is 16.9 Å². The van der Waals surface area contributed by atoms with Crippen LogP contribution in [0.15, 0.2) is 48.9 Å². The first-order valence-corrected chi connectivity index (χ1v) is 8.95. The van der Waals surface area contributed by atoms with E-state index >= 15 is 0 Å². The minimum Gasteiger partial charge on any atom is -0.406 e. The topological polar surface area (TPSA) is 84.0 Å². The number of hydrogen-bond acceptors (Lipinski definition) is 5. The maximum Gasteiger partial charge on any atom is 0.573 e. The molecule has 1 fully saturated rings. The predicted molar refractivity (Wildman–Crippen MR) is 99.8 cm³/mol. The van der Waals surface area contributed by atoms with Crippen LogP contribution in [0.4, 0.5) is 17.6 Å². The van der Waals surface area contributed by atoms with Crippen LogP contribution in [0.2, 0.25) is 0 Å². The molecule has 0 unspecified atom stereocenters. The molecule has 0 atom stereocenters. The molecule has 1 aromatic carbocycles. The second-order valence-electron chi connectivity index (χ2n) is 6.82. The lowest BCUT2D eigenvalue weighted by Gasteiger charge is -2.38. The molecular weight excluding hydrogens is 418 g/mol. The Balaban J connectivity index is 1.72. The number of carbonyl (C=O) groups is 1. The fourth-order valence-electron chi connectivity index (χ4n) is 3.41. The zero-order valence-corrected chi connectivity index (χ0v) is 15.7. The Morgan fingerprint density at radius 2 is 1.90 bits per heavy atom. The number of halogens is 4. The van der Waals surface area contributed by atoms with E-state index in [0.717, 1.165) is 12.1 Å². The molecule has 31 heavy (non-hydrogen) atoms. The number of pyridine rings is 1. The number of amides is 1. The Morgan fingerprint density at radius 1 is 1.23 bits per heavy atom. The molecule has 0 radical (unpaired) electrons. The number of rotatable bonds is 4. The van der Waals surface area contributed by atoms with Crippen LogP contribution >= 0.6 is 0 Å². The largest absolute Gasteiger partial charge is 0.573 e. The van der Waals surface area contributed by atoms with Crippen LogP contribution in [0.25, 0.3) is 16.7 Å². The summed E-state index contributed by atoms with van der Waals surface area (Å²) in [7, 11) is 0. The van der Waals surface area contributed by atoms with E-state index in [4.69, 9.17) is 0 Å². The Labute approximate surface area is 172 Å². The highest BCUT2D eigenvalue weighted by Crippen LogP contribution is 2.35.